The molecule has 1 N–H and O–H groups in total. The largest absolute Gasteiger partial charge is 0.320 e. The highest BCUT2D eigenvalue weighted by Gasteiger charge is 2.18. The van der Waals surface area contributed by atoms with Crippen molar-refractivity contribution in [3.05, 3.63) is 69.1 Å². The minimum absolute atomic E-state index is 0.259. The Kier molecular flexibility index (Phi) is 4.42. The van der Waals surface area contributed by atoms with Crippen LogP contribution in [0.2, 0.25) is 0 Å². The zero-order valence-electron chi connectivity index (χ0n) is 12.7. The molecule has 0 fully saturated rings. The number of hydrogen-bond acceptors (Lipinski definition) is 3. The number of benzene rings is 2. The first-order chi connectivity index (χ1) is 11.1. The predicted molar refractivity (Wildman–Crippen MR) is 97.9 cm³/mol. The summed E-state index contributed by atoms with van der Waals surface area (Å²) < 4.78 is 2.65. The third kappa shape index (κ3) is 3.26. The number of anilines is 1. The van der Waals surface area contributed by atoms with Crippen molar-refractivity contribution in [3.63, 3.8) is 0 Å². The minimum Gasteiger partial charge on any atom is -0.320 e. The third-order valence-corrected chi connectivity index (χ3v) is 4.45. The number of rotatable bonds is 3. The second kappa shape index (κ2) is 6.49. The number of aromatic nitrogens is 3. The van der Waals surface area contributed by atoms with E-state index in [-0.39, 0.29) is 5.91 Å². The van der Waals surface area contributed by atoms with Crippen molar-refractivity contribution in [2.45, 2.75) is 13.8 Å². The van der Waals surface area contributed by atoms with E-state index in [0.717, 1.165) is 14.9 Å². The van der Waals surface area contributed by atoms with Crippen LogP contribution in [0.4, 0.5) is 5.69 Å². The summed E-state index contributed by atoms with van der Waals surface area (Å²) in [7, 11) is 0. The summed E-state index contributed by atoms with van der Waals surface area (Å²) in [5.41, 5.74) is 3.85. The lowest BCUT2D eigenvalue weighted by Crippen LogP contribution is -2.15. The molecule has 0 radical (unpaired) electrons. The van der Waals surface area contributed by atoms with Crippen LogP contribution in [-0.4, -0.2) is 20.9 Å². The van der Waals surface area contributed by atoms with Gasteiger partial charge in [-0.3, -0.25) is 4.79 Å². The van der Waals surface area contributed by atoms with Crippen LogP contribution in [-0.2, 0) is 0 Å². The van der Waals surface area contributed by atoms with E-state index in [1.54, 1.807) is 4.68 Å². The second-order valence-electron chi connectivity index (χ2n) is 5.20. The van der Waals surface area contributed by atoms with Crippen LogP contribution in [0.15, 0.2) is 48.5 Å². The average Bonchev–Trinajstić information content (AvgIpc) is 2.92. The van der Waals surface area contributed by atoms with Gasteiger partial charge in [0.2, 0.25) is 0 Å². The molecule has 1 heterocycles. The topological polar surface area (TPSA) is 59.8 Å². The Morgan fingerprint density at radius 2 is 1.78 bits per heavy atom. The lowest BCUT2D eigenvalue weighted by atomic mass is 10.2. The van der Waals surface area contributed by atoms with Gasteiger partial charge in [-0.2, -0.15) is 0 Å². The number of halogens is 1. The monoisotopic (exact) mass is 418 g/mol. The van der Waals surface area contributed by atoms with Crippen LogP contribution < -0.4 is 5.32 Å². The van der Waals surface area contributed by atoms with Crippen molar-refractivity contribution in [1.29, 1.82) is 0 Å². The van der Waals surface area contributed by atoms with E-state index in [2.05, 4.69) is 38.2 Å². The molecule has 0 aliphatic heterocycles. The summed E-state index contributed by atoms with van der Waals surface area (Å²) in [5, 5.41) is 11.0. The molecule has 3 rings (SSSR count). The number of para-hydroxylation sites is 1. The molecule has 2 aromatic carbocycles. The van der Waals surface area contributed by atoms with Crippen molar-refractivity contribution >= 4 is 34.2 Å². The fraction of sp³-hybridized carbons (Fsp3) is 0.118. The molecule has 1 amide bonds. The summed E-state index contributed by atoms with van der Waals surface area (Å²) in [4.78, 5) is 12.5. The lowest BCUT2D eigenvalue weighted by Gasteiger charge is -2.06. The summed E-state index contributed by atoms with van der Waals surface area (Å²) >= 11 is 2.18. The number of aryl methyl sites for hydroxylation is 1. The Balaban J connectivity index is 1.88. The van der Waals surface area contributed by atoms with Gasteiger partial charge in [-0.25, -0.2) is 4.68 Å². The first-order valence-electron chi connectivity index (χ1n) is 7.11. The minimum atomic E-state index is -0.259. The molecule has 3 aromatic rings. The van der Waals surface area contributed by atoms with Gasteiger partial charge in [0, 0.05) is 3.57 Å². The van der Waals surface area contributed by atoms with Crippen LogP contribution >= 0.6 is 22.6 Å². The van der Waals surface area contributed by atoms with Crippen molar-refractivity contribution in [2.24, 2.45) is 0 Å². The third-order valence-electron chi connectivity index (χ3n) is 3.51. The average molecular weight is 418 g/mol. The van der Waals surface area contributed by atoms with E-state index >= 15 is 0 Å². The van der Waals surface area contributed by atoms with Gasteiger partial charge in [-0.15, -0.1) is 5.10 Å². The molecular formula is C17H15IN4O. The first-order valence-corrected chi connectivity index (χ1v) is 8.19. The summed E-state index contributed by atoms with van der Waals surface area (Å²) in [6.45, 7) is 3.86. The van der Waals surface area contributed by atoms with Gasteiger partial charge in [-0.1, -0.05) is 35.0 Å². The fourth-order valence-corrected chi connectivity index (χ4v) is 2.74. The molecule has 0 aliphatic carbocycles. The molecule has 0 atom stereocenters. The Labute approximate surface area is 147 Å². The molecule has 0 unspecified atom stereocenters. The molecule has 6 heteroatoms. The maximum absolute atomic E-state index is 12.5. The number of carbonyl (C=O) groups excluding carboxylic acids is 1. The normalized spacial score (nSPS) is 10.6. The van der Waals surface area contributed by atoms with Gasteiger partial charge in [-0.05, 0) is 60.7 Å². The van der Waals surface area contributed by atoms with Gasteiger partial charge in [0.05, 0.1) is 17.1 Å². The Bertz CT molecular complexity index is 855. The summed E-state index contributed by atoms with van der Waals surface area (Å²) in [5.74, 6) is -0.259. The highest BCUT2D eigenvalue weighted by molar-refractivity contribution is 14.1. The standard InChI is InChI=1S/C17H15IN4O/c1-11-7-9-13(10-8-11)22-12(2)16(20-21-22)17(23)19-15-6-4-3-5-14(15)18/h3-10H,1-2H3,(H,19,23). The molecule has 1 aromatic heterocycles. The molecule has 0 bridgehead atoms. The van der Waals surface area contributed by atoms with E-state index in [1.165, 1.54) is 5.56 Å². The van der Waals surface area contributed by atoms with Crippen molar-refractivity contribution in [1.82, 2.24) is 15.0 Å². The zero-order valence-corrected chi connectivity index (χ0v) is 14.9. The first kappa shape index (κ1) is 15.7. The molecule has 116 valence electrons. The quantitative estimate of drug-likeness (QED) is 0.660. The molecule has 0 spiro atoms. The molecule has 0 saturated carbocycles. The number of carbonyl (C=O) groups is 1. The van der Waals surface area contributed by atoms with Gasteiger partial charge < -0.3 is 5.32 Å². The van der Waals surface area contributed by atoms with Gasteiger partial charge in [0.25, 0.3) is 5.91 Å². The summed E-state index contributed by atoms with van der Waals surface area (Å²) in [6.07, 6.45) is 0. The van der Waals surface area contributed by atoms with E-state index < -0.39 is 0 Å². The van der Waals surface area contributed by atoms with Crippen molar-refractivity contribution < 1.29 is 4.79 Å². The van der Waals surface area contributed by atoms with E-state index in [9.17, 15) is 4.79 Å². The van der Waals surface area contributed by atoms with Gasteiger partial charge >= 0.3 is 0 Å². The number of amides is 1. The van der Waals surface area contributed by atoms with Crippen LogP contribution in [0.1, 0.15) is 21.7 Å². The lowest BCUT2D eigenvalue weighted by molar-refractivity contribution is 0.102. The Morgan fingerprint density at radius 3 is 2.48 bits per heavy atom. The van der Waals surface area contributed by atoms with Crippen LogP contribution in [0, 0.1) is 17.4 Å². The molecule has 23 heavy (non-hydrogen) atoms. The summed E-state index contributed by atoms with van der Waals surface area (Å²) in [6, 6.07) is 15.5. The Hall–Kier alpha value is -2.22. The van der Waals surface area contributed by atoms with Crippen LogP contribution in [0.25, 0.3) is 5.69 Å². The predicted octanol–water partition coefficient (Wildman–Crippen LogP) is 3.74. The highest BCUT2D eigenvalue weighted by atomic mass is 127. The van der Waals surface area contributed by atoms with Gasteiger partial charge in [0.15, 0.2) is 5.69 Å². The van der Waals surface area contributed by atoms with E-state index in [0.29, 0.717) is 11.4 Å². The fourth-order valence-electron chi connectivity index (χ4n) is 2.21. The van der Waals surface area contributed by atoms with Crippen molar-refractivity contribution in [3.8, 4) is 5.69 Å². The zero-order chi connectivity index (χ0) is 16.4. The SMILES string of the molecule is Cc1ccc(-n2nnc(C(=O)Nc3ccccc3I)c2C)cc1. The molecule has 5 nitrogen and oxygen atoms in total. The molecular weight excluding hydrogens is 403 g/mol. The molecule has 0 saturated heterocycles. The highest BCUT2D eigenvalue weighted by Crippen LogP contribution is 2.19. The Morgan fingerprint density at radius 1 is 1.09 bits per heavy atom. The number of hydrogen-bond donors (Lipinski definition) is 1. The van der Waals surface area contributed by atoms with Crippen LogP contribution in [0.5, 0.6) is 0 Å². The van der Waals surface area contributed by atoms with Crippen molar-refractivity contribution in [2.75, 3.05) is 5.32 Å². The second-order valence-corrected chi connectivity index (χ2v) is 6.37. The molecule has 0 aliphatic rings. The number of nitrogens with one attached hydrogen (secondary N) is 1. The van der Waals surface area contributed by atoms with E-state index in [4.69, 9.17) is 0 Å². The van der Waals surface area contributed by atoms with E-state index in [1.807, 2.05) is 62.4 Å². The van der Waals surface area contributed by atoms with Crippen LogP contribution in [0.3, 0.4) is 0 Å². The maximum atomic E-state index is 12.5. The van der Waals surface area contributed by atoms with Gasteiger partial charge in [0.1, 0.15) is 0 Å². The maximum Gasteiger partial charge on any atom is 0.278 e. The number of nitrogens with zero attached hydrogens (tertiary/aromatic N) is 3. The smallest absolute Gasteiger partial charge is 0.278 e.